The number of rotatable bonds is 0. The van der Waals surface area contributed by atoms with Gasteiger partial charge in [-0.05, 0) is 36.4 Å². The van der Waals surface area contributed by atoms with Gasteiger partial charge in [0, 0.05) is 23.0 Å². The van der Waals surface area contributed by atoms with E-state index in [0.717, 1.165) is 22.3 Å². The molecule has 0 N–H and O–H groups in total. The molecule has 0 atom stereocenters. The van der Waals surface area contributed by atoms with Crippen molar-refractivity contribution >= 4 is 41.3 Å². The zero-order valence-electron chi connectivity index (χ0n) is 14.8. The standard InChI is InChI=1S/C21H15N5O2/c27-20-13-22-12-15-5-1-2-6-18(15)26-21-17-11-16(28-10-4-3-9-23-20)7-8-19(17)24-14-25-21/h1-9,11-14H,10H2/b4-3-,15-12-,22-13-,23-9-,26-18-. The zero-order chi connectivity index (χ0) is 19.2. The summed E-state index contributed by atoms with van der Waals surface area (Å²) in [5.41, 5.74) is 0.770. The number of aromatic nitrogens is 2. The summed E-state index contributed by atoms with van der Waals surface area (Å²) in [7, 11) is 0. The molecule has 1 aliphatic heterocycles. The molecule has 0 spiro atoms. The lowest BCUT2D eigenvalue weighted by molar-refractivity contribution is -0.111. The first-order chi connectivity index (χ1) is 13.8. The van der Waals surface area contributed by atoms with Gasteiger partial charge in [0.05, 0.1) is 17.1 Å². The van der Waals surface area contributed by atoms with Gasteiger partial charge in [-0.2, -0.15) is 0 Å². The van der Waals surface area contributed by atoms with Crippen molar-refractivity contribution in [2.45, 2.75) is 0 Å². The van der Waals surface area contributed by atoms with Gasteiger partial charge in [0.15, 0.2) is 5.82 Å². The molecule has 0 aliphatic carbocycles. The maximum atomic E-state index is 11.7. The summed E-state index contributed by atoms with van der Waals surface area (Å²) >= 11 is 0. The highest BCUT2D eigenvalue weighted by atomic mass is 16.5. The number of nitrogens with zero attached hydrogens (tertiary/aromatic N) is 5. The smallest absolute Gasteiger partial charge is 0.288 e. The Balaban J connectivity index is 1.93. The third kappa shape index (κ3) is 4.04. The van der Waals surface area contributed by atoms with Gasteiger partial charge in [-0.15, -0.1) is 0 Å². The number of amides is 1. The number of hydrogen-bond acceptors (Lipinski definition) is 6. The Kier molecular flexibility index (Phi) is 5.06. The summed E-state index contributed by atoms with van der Waals surface area (Å²) in [6, 6.07) is 13.0. The van der Waals surface area contributed by atoms with Crippen LogP contribution in [0.4, 0.5) is 5.82 Å². The first kappa shape index (κ1) is 17.4. The molecule has 1 aromatic heterocycles. The van der Waals surface area contributed by atoms with Crippen LogP contribution < -0.4 is 15.3 Å². The molecule has 0 fully saturated rings. The van der Waals surface area contributed by atoms with Crippen molar-refractivity contribution < 1.29 is 9.53 Å². The van der Waals surface area contributed by atoms with Crippen molar-refractivity contribution in [3.8, 4) is 5.75 Å². The Labute approximate surface area is 160 Å². The van der Waals surface area contributed by atoms with Crippen LogP contribution in [0.3, 0.4) is 0 Å². The normalized spacial score (nSPS) is 19.9. The second-order valence-electron chi connectivity index (χ2n) is 5.81. The molecule has 0 saturated heterocycles. The molecular formula is C21H15N5O2. The fourth-order valence-corrected chi connectivity index (χ4v) is 2.61. The number of allylic oxidation sites excluding steroid dienone is 1. The van der Waals surface area contributed by atoms with E-state index >= 15 is 0 Å². The molecule has 1 aliphatic rings. The van der Waals surface area contributed by atoms with Crippen LogP contribution in [0.25, 0.3) is 17.1 Å². The fourth-order valence-electron chi connectivity index (χ4n) is 2.61. The van der Waals surface area contributed by atoms with Crippen LogP contribution in [0.2, 0.25) is 0 Å². The van der Waals surface area contributed by atoms with E-state index in [1.165, 1.54) is 12.5 Å². The molecule has 7 nitrogen and oxygen atoms in total. The average Bonchev–Trinajstić information content (AvgIpc) is 2.72. The molecule has 1 amide bonds. The van der Waals surface area contributed by atoms with E-state index in [9.17, 15) is 4.79 Å². The number of fused-ring (bicyclic) bond motifs is 2. The maximum Gasteiger partial charge on any atom is 0.288 e. The number of carbonyl (C=O) groups excluding carboxylic acids is 1. The quantitative estimate of drug-likeness (QED) is 0.606. The van der Waals surface area contributed by atoms with E-state index in [2.05, 4.69) is 24.9 Å². The van der Waals surface area contributed by atoms with E-state index in [1.54, 1.807) is 18.4 Å². The number of aliphatic imine (C=N–C) groups is 2. The minimum atomic E-state index is -0.454. The predicted octanol–water partition coefficient (Wildman–Crippen LogP) is 1.94. The zero-order valence-corrected chi connectivity index (χ0v) is 14.8. The monoisotopic (exact) mass is 369 g/mol. The van der Waals surface area contributed by atoms with E-state index in [4.69, 9.17) is 4.74 Å². The van der Waals surface area contributed by atoms with Gasteiger partial charge in [0.1, 0.15) is 18.7 Å². The van der Waals surface area contributed by atoms with Gasteiger partial charge in [-0.1, -0.05) is 18.2 Å². The number of hydrogen-bond donors (Lipinski definition) is 0. The molecule has 0 radical (unpaired) electrons. The molecule has 136 valence electrons. The highest BCUT2D eigenvalue weighted by Gasteiger charge is 2.05. The van der Waals surface area contributed by atoms with E-state index in [-0.39, 0.29) is 0 Å². The third-order valence-corrected chi connectivity index (χ3v) is 3.92. The number of ether oxygens (including phenoxy) is 1. The molecule has 4 rings (SSSR count). The maximum absolute atomic E-state index is 11.7. The van der Waals surface area contributed by atoms with E-state index < -0.39 is 5.91 Å². The van der Waals surface area contributed by atoms with Crippen molar-refractivity contribution in [3.05, 3.63) is 71.5 Å². The lowest BCUT2D eigenvalue weighted by Gasteiger charge is -2.05. The van der Waals surface area contributed by atoms with Crippen molar-refractivity contribution in [2.75, 3.05) is 6.61 Å². The second kappa shape index (κ2) is 8.13. The number of para-hydroxylation sites is 1. The molecule has 0 saturated carbocycles. The molecule has 2 aromatic carbocycles. The number of benzene rings is 2. The van der Waals surface area contributed by atoms with Gasteiger partial charge in [-0.3, -0.25) is 9.79 Å². The first-order valence-electron chi connectivity index (χ1n) is 8.57. The summed E-state index contributed by atoms with van der Waals surface area (Å²) in [4.78, 5) is 32.8. The summed E-state index contributed by atoms with van der Waals surface area (Å²) < 4.78 is 5.73. The van der Waals surface area contributed by atoms with Crippen LogP contribution >= 0.6 is 0 Å². The van der Waals surface area contributed by atoms with Gasteiger partial charge in [0.25, 0.3) is 5.91 Å². The van der Waals surface area contributed by atoms with Crippen molar-refractivity contribution in [2.24, 2.45) is 15.0 Å². The Hall–Kier alpha value is -4.00. The SMILES string of the molecule is O=C1\C=N/C=c2/cccc/c2=N/c2ncnc3ccc(cc23)OC/C=C\C=N/1. The van der Waals surface area contributed by atoms with Crippen LogP contribution in [0, 0.1) is 0 Å². The molecule has 2 heterocycles. The molecule has 2 bridgehead atoms. The van der Waals surface area contributed by atoms with Gasteiger partial charge < -0.3 is 4.74 Å². The minimum absolute atomic E-state index is 0.330. The van der Waals surface area contributed by atoms with E-state index in [0.29, 0.717) is 23.5 Å². The van der Waals surface area contributed by atoms with Crippen LogP contribution in [0.5, 0.6) is 5.75 Å². The summed E-state index contributed by atoms with van der Waals surface area (Å²) in [5, 5.41) is 2.20. The first-order valence-corrected chi connectivity index (χ1v) is 8.57. The topological polar surface area (TPSA) is 89.2 Å². The average molecular weight is 369 g/mol. The van der Waals surface area contributed by atoms with Gasteiger partial charge in [-0.25, -0.2) is 20.0 Å². The van der Waals surface area contributed by atoms with Crippen molar-refractivity contribution in [1.29, 1.82) is 0 Å². The molecule has 28 heavy (non-hydrogen) atoms. The van der Waals surface area contributed by atoms with Crippen LogP contribution in [-0.4, -0.2) is 34.9 Å². The fraction of sp³-hybridized carbons (Fsp3) is 0.0476. The van der Waals surface area contributed by atoms with Crippen molar-refractivity contribution in [1.82, 2.24) is 9.97 Å². The molecule has 0 unspecified atom stereocenters. The number of carbonyl (C=O) groups is 1. The summed E-state index contributed by atoms with van der Waals surface area (Å²) in [6.07, 6.45) is 9.01. The predicted molar refractivity (Wildman–Crippen MR) is 108 cm³/mol. The van der Waals surface area contributed by atoms with Crippen LogP contribution in [-0.2, 0) is 4.79 Å². The summed E-state index contributed by atoms with van der Waals surface area (Å²) in [5.74, 6) is 0.744. The second-order valence-corrected chi connectivity index (χ2v) is 5.81. The minimum Gasteiger partial charge on any atom is -0.490 e. The Bertz CT molecular complexity index is 1250. The Morgan fingerprint density at radius 2 is 1.96 bits per heavy atom. The Morgan fingerprint density at radius 3 is 2.93 bits per heavy atom. The summed E-state index contributed by atoms with van der Waals surface area (Å²) in [6.45, 7) is 0.330. The lowest BCUT2D eigenvalue weighted by atomic mass is 10.2. The van der Waals surface area contributed by atoms with Crippen molar-refractivity contribution in [3.63, 3.8) is 0 Å². The lowest BCUT2D eigenvalue weighted by Crippen LogP contribution is -2.23. The van der Waals surface area contributed by atoms with Crippen LogP contribution in [0.1, 0.15) is 0 Å². The van der Waals surface area contributed by atoms with Gasteiger partial charge >= 0.3 is 0 Å². The highest BCUT2D eigenvalue weighted by Crippen LogP contribution is 2.25. The highest BCUT2D eigenvalue weighted by molar-refractivity contribution is 6.28. The largest absolute Gasteiger partial charge is 0.490 e. The third-order valence-electron chi connectivity index (χ3n) is 3.92. The molecule has 3 aromatic rings. The molecular weight excluding hydrogens is 354 g/mol. The van der Waals surface area contributed by atoms with Gasteiger partial charge in [0.2, 0.25) is 0 Å². The van der Waals surface area contributed by atoms with Crippen LogP contribution in [0.15, 0.2) is 75.9 Å². The van der Waals surface area contributed by atoms with E-state index in [1.807, 2.05) is 42.5 Å². The molecule has 7 heteroatoms. The Morgan fingerprint density at radius 1 is 1.04 bits per heavy atom.